The Morgan fingerprint density at radius 1 is 1.24 bits per heavy atom. The number of rotatable bonds is 7. The van der Waals surface area contributed by atoms with Gasteiger partial charge in [0.1, 0.15) is 27.3 Å². The van der Waals surface area contributed by atoms with Gasteiger partial charge in [-0.25, -0.2) is 13.8 Å². The Bertz CT molecular complexity index is 1150. The largest absolute Gasteiger partial charge is 0.389 e. The van der Waals surface area contributed by atoms with Crippen LogP contribution in [0.2, 0.25) is 0 Å². The van der Waals surface area contributed by atoms with Crippen molar-refractivity contribution in [2.75, 3.05) is 12.3 Å². The first kappa shape index (κ1) is 24.4. The lowest BCUT2D eigenvalue weighted by Gasteiger charge is -2.39. The number of aromatic nitrogens is 2. The van der Waals surface area contributed by atoms with Gasteiger partial charge in [0.15, 0.2) is 5.78 Å². The van der Waals surface area contributed by atoms with Crippen LogP contribution in [0.15, 0.2) is 36.7 Å². The highest BCUT2D eigenvalue weighted by Crippen LogP contribution is 2.39. The fraction of sp³-hybridized carbons (Fsp3) is 0.400. The summed E-state index contributed by atoms with van der Waals surface area (Å²) >= 11 is 0.892. The second-order valence-electron chi connectivity index (χ2n) is 8.73. The average Bonchev–Trinajstić information content (AvgIpc) is 3.17. The number of Topliss-reactive ketones (excluding diaryl/α,β-unsaturated/α-hetero) is 1. The van der Waals surface area contributed by atoms with Gasteiger partial charge >= 0.3 is 0 Å². The third-order valence-electron chi connectivity index (χ3n) is 6.38. The molecule has 1 aliphatic carbocycles. The Hall–Kier alpha value is -2.75. The molecule has 3 aromatic rings. The molecule has 0 amide bonds. The number of nitrogens with two attached hydrogens (primary N) is 2. The second kappa shape index (κ2) is 10.2. The molecular formula is C25H28F2N4O2S. The van der Waals surface area contributed by atoms with Crippen LogP contribution in [0.5, 0.6) is 0 Å². The molecule has 0 spiro atoms. The molecule has 0 bridgehead atoms. The summed E-state index contributed by atoms with van der Waals surface area (Å²) in [5.74, 6) is -1.39. The van der Waals surface area contributed by atoms with E-state index in [2.05, 4.69) is 16.9 Å². The first-order valence-electron chi connectivity index (χ1n) is 11.3. The van der Waals surface area contributed by atoms with Gasteiger partial charge in [0.2, 0.25) is 0 Å². The van der Waals surface area contributed by atoms with E-state index in [4.69, 9.17) is 16.2 Å². The number of ether oxygens (including phenoxy) is 1. The minimum Gasteiger partial charge on any atom is -0.389 e. The average molecular weight is 487 g/mol. The maximum atomic E-state index is 14.2. The summed E-state index contributed by atoms with van der Waals surface area (Å²) in [5.41, 5.74) is 14.0. The fourth-order valence-electron chi connectivity index (χ4n) is 4.88. The zero-order valence-corrected chi connectivity index (χ0v) is 19.9. The predicted molar refractivity (Wildman–Crippen MR) is 129 cm³/mol. The van der Waals surface area contributed by atoms with Crippen molar-refractivity contribution in [2.45, 2.75) is 51.2 Å². The maximum Gasteiger partial charge on any atom is 0.188 e. The van der Waals surface area contributed by atoms with Crippen LogP contribution < -0.4 is 11.5 Å². The van der Waals surface area contributed by atoms with Crippen molar-refractivity contribution in [3.05, 3.63) is 65.1 Å². The topological polar surface area (TPSA) is 104 Å². The number of ketones is 1. The van der Waals surface area contributed by atoms with Gasteiger partial charge < -0.3 is 16.2 Å². The summed E-state index contributed by atoms with van der Waals surface area (Å²) < 4.78 is 34.2. The molecule has 2 aromatic heterocycles. The number of carbonyl (C=O) groups is 1. The number of nitrogens with zero attached hydrogens (tertiary/aromatic N) is 2. The molecule has 1 fully saturated rings. The molecule has 34 heavy (non-hydrogen) atoms. The van der Waals surface area contributed by atoms with Crippen molar-refractivity contribution in [1.29, 1.82) is 0 Å². The molecule has 1 aromatic carbocycles. The smallest absolute Gasteiger partial charge is 0.188 e. The first-order chi connectivity index (χ1) is 16.3. The van der Waals surface area contributed by atoms with Gasteiger partial charge in [-0.2, -0.15) is 0 Å². The molecule has 0 saturated heterocycles. The summed E-state index contributed by atoms with van der Waals surface area (Å²) in [6.07, 6.45) is 5.07. The predicted octanol–water partition coefficient (Wildman–Crippen LogP) is 4.74. The van der Waals surface area contributed by atoms with Crippen molar-refractivity contribution < 1.29 is 18.3 Å². The Kier molecular flexibility index (Phi) is 7.35. The van der Waals surface area contributed by atoms with Crippen molar-refractivity contribution in [1.82, 2.24) is 9.97 Å². The summed E-state index contributed by atoms with van der Waals surface area (Å²) in [5, 5.41) is 0.165. The summed E-state index contributed by atoms with van der Waals surface area (Å²) in [4.78, 5) is 21.6. The van der Waals surface area contributed by atoms with Gasteiger partial charge in [-0.3, -0.25) is 9.78 Å². The third kappa shape index (κ3) is 4.87. The normalized spacial score (nSPS) is 22.6. The van der Waals surface area contributed by atoms with Crippen LogP contribution in [0, 0.1) is 17.6 Å². The minimum atomic E-state index is -0.754. The lowest BCUT2D eigenvalue weighted by Crippen LogP contribution is -2.46. The highest BCUT2D eigenvalue weighted by Gasteiger charge is 2.35. The van der Waals surface area contributed by atoms with E-state index < -0.39 is 11.6 Å². The first-order valence-corrected chi connectivity index (χ1v) is 12.2. The van der Waals surface area contributed by atoms with E-state index in [1.165, 1.54) is 6.07 Å². The monoisotopic (exact) mass is 486 g/mol. The standard InChI is InChI=1S/C25H28F2N4O2S/c1-3-33-23-13(2)9-14(10-19(23)28)16-7-8-30-12-15(16)11-20(32)22-24(29)34-25(31-22)21-17(26)5-4-6-18(21)27/h4-8,12-14,19,23H,3,9-11,28-29H2,1-2H3/t13-,14+,19+,23-/m0/s1. The molecule has 180 valence electrons. The second-order valence-corrected chi connectivity index (χ2v) is 9.76. The van der Waals surface area contributed by atoms with Crippen LogP contribution in [0.25, 0.3) is 10.6 Å². The lowest BCUT2D eigenvalue weighted by atomic mass is 9.73. The minimum absolute atomic E-state index is 0.0140. The molecule has 1 aliphatic rings. The molecule has 0 aliphatic heterocycles. The van der Waals surface area contributed by atoms with Crippen LogP contribution in [0.1, 0.15) is 54.2 Å². The van der Waals surface area contributed by atoms with Gasteiger partial charge in [-0.15, -0.1) is 0 Å². The van der Waals surface area contributed by atoms with Gasteiger partial charge in [0.25, 0.3) is 0 Å². The van der Waals surface area contributed by atoms with E-state index in [-0.39, 0.29) is 57.5 Å². The highest BCUT2D eigenvalue weighted by atomic mass is 32.1. The van der Waals surface area contributed by atoms with E-state index in [1.807, 2.05) is 13.0 Å². The zero-order valence-electron chi connectivity index (χ0n) is 19.1. The van der Waals surface area contributed by atoms with Crippen LogP contribution in [0.3, 0.4) is 0 Å². The number of benzene rings is 1. The summed E-state index contributed by atoms with van der Waals surface area (Å²) in [7, 11) is 0. The van der Waals surface area contributed by atoms with E-state index >= 15 is 0 Å². The molecule has 2 heterocycles. The van der Waals surface area contributed by atoms with Gasteiger partial charge in [-0.1, -0.05) is 24.3 Å². The van der Waals surface area contributed by atoms with E-state index in [0.717, 1.165) is 47.4 Å². The molecule has 9 heteroatoms. The van der Waals surface area contributed by atoms with Gasteiger partial charge in [-0.05, 0) is 60.9 Å². The number of hydrogen-bond acceptors (Lipinski definition) is 7. The van der Waals surface area contributed by atoms with Crippen molar-refractivity contribution in [2.24, 2.45) is 11.7 Å². The number of halogens is 2. The number of hydrogen-bond donors (Lipinski definition) is 2. The van der Waals surface area contributed by atoms with Crippen LogP contribution in [-0.2, 0) is 11.2 Å². The van der Waals surface area contributed by atoms with E-state index in [9.17, 15) is 13.6 Å². The lowest BCUT2D eigenvalue weighted by molar-refractivity contribution is -0.0163. The van der Waals surface area contributed by atoms with Gasteiger partial charge in [0.05, 0.1) is 11.7 Å². The molecule has 0 radical (unpaired) electrons. The van der Waals surface area contributed by atoms with Crippen molar-refractivity contribution in [3.8, 4) is 10.6 Å². The Labute approximate surface area is 201 Å². The molecular weight excluding hydrogens is 458 g/mol. The molecule has 4 atom stereocenters. The summed E-state index contributed by atoms with van der Waals surface area (Å²) in [6, 6.07) is 5.39. The third-order valence-corrected chi connectivity index (χ3v) is 7.28. The maximum absolute atomic E-state index is 14.2. The number of pyridine rings is 1. The highest BCUT2D eigenvalue weighted by molar-refractivity contribution is 7.19. The van der Waals surface area contributed by atoms with E-state index in [1.54, 1.807) is 12.4 Å². The SMILES string of the molecule is CCO[C@@H]1[C@H](N)C[C@H](c2ccncc2CC(=O)c2nc(-c3c(F)cccc3F)sc2N)C[C@@H]1C. The Balaban J connectivity index is 1.57. The van der Waals surface area contributed by atoms with Crippen LogP contribution >= 0.6 is 11.3 Å². The van der Waals surface area contributed by atoms with Crippen LogP contribution in [-0.4, -0.2) is 34.5 Å². The number of nitrogen functional groups attached to an aromatic ring is 1. The molecule has 4 N–H and O–H groups in total. The van der Waals surface area contributed by atoms with Gasteiger partial charge in [0, 0.05) is 31.5 Å². The zero-order chi connectivity index (χ0) is 24.4. The van der Waals surface area contributed by atoms with Crippen molar-refractivity contribution in [3.63, 3.8) is 0 Å². The number of thiazole rings is 1. The quantitative estimate of drug-likeness (QED) is 0.468. The molecule has 4 rings (SSSR count). The van der Waals surface area contributed by atoms with Crippen LogP contribution in [0.4, 0.5) is 13.8 Å². The number of carbonyl (C=O) groups excluding carboxylic acids is 1. The number of anilines is 1. The molecule has 0 unspecified atom stereocenters. The fourth-order valence-corrected chi connectivity index (χ4v) is 5.78. The summed E-state index contributed by atoms with van der Waals surface area (Å²) in [6.45, 7) is 4.72. The Morgan fingerprint density at radius 2 is 1.97 bits per heavy atom. The molecule has 1 saturated carbocycles. The Morgan fingerprint density at radius 3 is 2.65 bits per heavy atom. The van der Waals surface area contributed by atoms with E-state index in [0.29, 0.717) is 6.61 Å². The van der Waals surface area contributed by atoms with Crippen molar-refractivity contribution >= 4 is 22.1 Å². The molecule has 6 nitrogen and oxygen atoms in total.